The third-order valence-electron chi connectivity index (χ3n) is 3.77. The van der Waals surface area contributed by atoms with Crippen LogP contribution in [-0.2, 0) is 17.5 Å². The lowest BCUT2D eigenvalue weighted by atomic mass is 10.1. The number of aliphatic hydroxyl groups is 1. The highest BCUT2D eigenvalue weighted by atomic mass is 19.4. The normalized spacial score (nSPS) is 13.0. The van der Waals surface area contributed by atoms with E-state index in [2.05, 4.69) is 15.3 Å². The van der Waals surface area contributed by atoms with Gasteiger partial charge in [-0.2, -0.15) is 13.2 Å². The van der Waals surface area contributed by atoms with Gasteiger partial charge in [-0.3, -0.25) is 9.20 Å². The smallest absolute Gasteiger partial charge is 0.384 e. The Morgan fingerprint density at radius 2 is 2.00 bits per heavy atom. The molecule has 2 aromatic heterocycles. The number of aromatic nitrogens is 3. The van der Waals surface area contributed by atoms with Gasteiger partial charge in [-0.15, -0.1) is 0 Å². The molecule has 2 N–H and O–H groups in total. The number of carbonyl (C=O) groups excluding carboxylic acids is 1. The molecule has 2 heterocycles. The largest absolute Gasteiger partial charge is 0.416 e. The first kappa shape index (κ1) is 17.9. The molecule has 0 radical (unpaired) electrons. The van der Waals surface area contributed by atoms with E-state index >= 15 is 0 Å². The van der Waals surface area contributed by atoms with Gasteiger partial charge < -0.3 is 10.4 Å². The van der Waals surface area contributed by atoms with E-state index in [4.69, 9.17) is 0 Å². The van der Waals surface area contributed by atoms with Crippen LogP contribution in [0, 0.1) is 0 Å². The number of hydrogen-bond acceptors (Lipinski definition) is 4. The fourth-order valence-corrected chi connectivity index (χ4v) is 2.50. The van der Waals surface area contributed by atoms with Crippen LogP contribution in [0.25, 0.3) is 17.0 Å². The average molecular weight is 364 g/mol. The van der Waals surface area contributed by atoms with E-state index in [1.54, 1.807) is 16.7 Å². The summed E-state index contributed by atoms with van der Waals surface area (Å²) in [6.07, 6.45) is -2.38. The molecule has 0 fully saturated rings. The highest BCUT2D eigenvalue weighted by Crippen LogP contribution is 2.32. The number of alkyl halides is 3. The van der Waals surface area contributed by atoms with Crippen molar-refractivity contribution in [2.24, 2.45) is 0 Å². The Morgan fingerprint density at radius 3 is 2.62 bits per heavy atom. The summed E-state index contributed by atoms with van der Waals surface area (Å²) in [6.45, 7) is 1.33. The summed E-state index contributed by atoms with van der Waals surface area (Å²) in [6, 6.07) is 6.34. The minimum atomic E-state index is -4.42. The van der Waals surface area contributed by atoms with Crippen molar-refractivity contribution >= 4 is 11.7 Å². The third-order valence-corrected chi connectivity index (χ3v) is 3.77. The Labute approximate surface area is 146 Å². The molecule has 3 aromatic rings. The van der Waals surface area contributed by atoms with E-state index in [0.29, 0.717) is 22.7 Å². The standard InChI is InChI=1S/C17H15F3N4O2/c1-10(25)15(26)22-9-13-14(24-8-2-7-21-16(24)23-13)11-3-5-12(6-4-11)17(18,19)20/h2-8,10,25H,9H2,1H3,(H,22,26)/t10-/m1/s1. The van der Waals surface area contributed by atoms with Gasteiger partial charge >= 0.3 is 6.18 Å². The van der Waals surface area contributed by atoms with Gasteiger partial charge in [-0.05, 0) is 25.1 Å². The second kappa shape index (κ2) is 6.75. The van der Waals surface area contributed by atoms with Gasteiger partial charge in [0.2, 0.25) is 11.7 Å². The van der Waals surface area contributed by atoms with Crippen LogP contribution in [0.4, 0.5) is 13.2 Å². The zero-order chi connectivity index (χ0) is 18.9. The van der Waals surface area contributed by atoms with Crippen LogP contribution in [0.1, 0.15) is 18.2 Å². The lowest BCUT2D eigenvalue weighted by molar-refractivity contribution is -0.137. The van der Waals surface area contributed by atoms with Gasteiger partial charge in [0, 0.05) is 18.0 Å². The van der Waals surface area contributed by atoms with E-state index in [1.807, 2.05) is 0 Å². The second-order valence-electron chi connectivity index (χ2n) is 5.67. The zero-order valence-electron chi connectivity index (χ0n) is 13.7. The van der Waals surface area contributed by atoms with Crippen molar-refractivity contribution in [3.8, 4) is 11.3 Å². The first-order chi connectivity index (χ1) is 12.3. The van der Waals surface area contributed by atoms with E-state index in [0.717, 1.165) is 12.1 Å². The molecule has 1 atom stereocenters. The van der Waals surface area contributed by atoms with Crippen molar-refractivity contribution < 1.29 is 23.1 Å². The number of benzene rings is 1. The van der Waals surface area contributed by atoms with Crippen molar-refractivity contribution in [2.45, 2.75) is 25.7 Å². The SMILES string of the molecule is C[C@@H](O)C(=O)NCc1nc2ncccn2c1-c1ccc(C(F)(F)F)cc1. The third kappa shape index (κ3) is 3.52. The highest BCUT2D eigenvalue weighted by Gasteiger charge is 2.30. The predicted molar refractivity (Wildman–Crippen MR) is 87.0 cm³/mol. The number of aliphatic hydroxyl groups excluding tert-OH is 1. The van der Waals surface area contributed by atoms with Crippen molar-refractivity contribution in [2.75, 3.05) is 0 Å². The molecule has 0 aliphatic carbocycles. The van der Waals surface area contributed by atoms with Crippen molar-refractivity contribution in [1.29, 1.82) is 0 Å². The lowest BCUT2D eigenvalue weighted by Gasteiger charge is -2.10. The molecule has 9 heteroatoms. The molecule has 1 aromatic carbocycles. The number of nitrogens with one attached hydrogen (secondary N) is 1. The first-order valence-corrected chi connectivity index (χ1v) is 7.72. The van der Waals surface area contributed by atoms with Gasteiger partial charge in [-0.25, -0.2) is 9.97 Å². The maximum Gasteiger partial charge on any atom is 0.416 e. The molecule has 6 nitrogen and oxygen atoms in total. The fourth-order valence-electron chi connectivity index (χ4n) is 2.50. The van der Waals surface area contributed by atoms with Crippen molar-refractivity contribution in [1.82, 2.24) is 19.7 Å². The number of hydrogen-bond donors (Lipinski definition) is 2. The first-order valence-electron chi connectivity index (χ1n) is 7.72. The van der Waals surface area contributed by atoms with Crippen LogP contribution in [0.3, 0.4) is 0 Å². The Kier molecular flexibility index (Phi) is 4.64. The summed E-state index contributed by atoms with van der Waals surface area (Å²) in [7, 11) is 0. The Morgan fingerprint density at radius 1 is 1.31 bits per heavy atom. The lowest BCUT2D eigenvalue weighted by Crippen LogP contribution is -2.32. The van der Waals surface area contributed by atoms with Crippen LogP contribution < -0.4 is 5.32 Å². The number of fused-ring (bicyclic) bond motifs is 1. The summed E-state index contributed by atoms with van der Waals surface area (Å²) >= 11 is 0. The molecule has 0 unspecified atom stereocenters. The minimum Gasteiger partial charge on any atom is -0.384 e. The Hall–Kier alpha value is -2.94. The molecule has 26 heavy (non-hydrogen) atoms. The fraction of sp³-hybridized carbons (Fsp3) is 0.235. The van der Waals surface area contributed by atoms with Crippen LogP contribution in [-0.4, -0.2) is 31.5 Å². The van der Waals surface area contributed by atoms with E-state index < -0.39 is 23.8 Å². The highest BCUT2D eigenvalue weighted by molar-refractivity contribution is 5.80. The molecule has 0 spiro atoms. The van der Waals surface area contributed by atoms with Gasteiger partial charge in [0.05, 0.1) is 23.5 Å². The van der Waals surface area contributed by atoms with Crippen LogP contribution in [0.2, 0.25) is 0 Å². The number of nitrogens with zero attached hydrogens (tertiary/aromatic N) is 3. The number of rotatable bonds is 4. The molecule has 3 rings (SSSR count). The monoisotopic (exact) mass is 364 g/mol. The van der Waals surface area contributed by atoms with Crippen LogP contribution >= 0.6 is 0 Å². The van der Waals surface area contributed by atoms with E-state index in [1.165, 1.54) is 25.3 Å². The van der Waals surface area contributed by atoms with Gasteiger partial charge in [-0.1, -0.05) is 12.1 Å². The summed E-state index contributed by atoms with van der Waals surface area (Å²) in [5.74, 6) is -0.225. The van der Waals surface area contributed by atoms with Crippen molar-refractivity contribution in [3.63, 3.8) is 0 Å². The van der Waals surface area contributed by atoms with Gasteiger partial charge in [0.15, 0.2) is 0 Å². The molecular weight excluding hydrogens is 349 g/mol. The van der Waals surface area contributed by atoms with Gasteiger partial charge in [0.25, 0.3) is 0 Å². The summed E-state index contributed by atoms with van der Waals surface area (Å²) < 4.78 is 40.0. The molecule has 0 saturated carbocycles. The molecule has 0 aliphatic rings. The Balaban J connectivity index is 2.03. The molecule has 136 valence electrons. The number of carbonyl (C=O) groups is 1. The summed E-state index contributed by atoms with van der Waals surface area (Å²) in [5.41, 5.74) is 0.696. The van der Waals surface area contributed by atoms with E-state index in [-0.39, 0.29) is 6.54 Å². The topological polar surface area (TPSA) is 79.5 Å². The quantitative estimate of drug-likeness (QED) is 0.745. The summed E-state index contributed by atoms with van der Waals surface area (Å²) in [5, 5.41) is 11.8. The maximum absolute atomic E-state index is 12.8. The number of amides is 1. The number of halogens is 3. The molecule has 0 bridgehead atoms. The van der Waals surface area contributed by atoms with Gasteiger partial charge in [0.1, 0.15) is 6.10 Å². The molecule has 0 aliphatic heterocycles. The molecule has 1 amide bonds. The minimum absolute atomic E-state index is 0.00342. The molecule has 0 saturated heterocycles. The zero-order valence-corrected chi connectivity index (χ0v) is 13.7. The predicted octanol–water partition coefficient (Wildman–Crippen LogP) is 2.41. The average Bonchev–Trinajstić information content (AvgIpc) is 2.97. The maximum atomic E-state index is 12.8. The number of imidazole rings is 1. The van der Waals surface area contributed by atoms with E-state index in [9.17, 15) is 23.1 Å². The molecular formula is C17H15F3N4O2. The van der Waals surface area contributed by atoms with Crippen LogP contribution in [0.5, 0.6) is 0 Å². The summed E-state index contributed by atoms with van der Waals surface area (Å²) in [4.78, 5) is 20.0. The second-order valence-corrected chi connectivity index (χ2v) is 5.67. The Bertz CT molecular complexity index is 933. The van der Waals surface area contributed by atoms with Crippen LogP contribution in [0.15, 0.2) is 42.7 Å². The van der Waals surface area contributed by atoms with Crippen molar-refractivity contribution in [3.05, 3.63) is 54.0 Å².